The molecule has 13 heavy (non-hydrogen) atoms. The van der Waals surface area contributed by atoms with Crippen LogP contribution in [0.3, 0.4) is 0 Å². The van der Waals surface area contributed by atoms with E-state index in [0.29, 0.717) is 12.5 Å². The van der Waals surface area contributed by atoms with Gasteiger partial charge in [-0.05, 0) is 19.1 Å². The highest BCUT2D eigenvalue weighted by molar-refractivity contribution is 5.93. The molecule has 1 aromatic heterocycles. The molecule has 0 fully saturated rings. The zero-order valence-corrected chi connectivity index (χ0v) is 7.45. The molecule has 1 unspecified atom stereocenters. The van der Waals surface area contributed by atoms with Crippen molar-refractivity contribution in [1.82, 2.24) is 4.98 Å². The molecular weight excluding hydrogens is 168 g/mol. The van der Waals surface area contributed by atoms with Crippen molar-refractivity contribution in [1.29, 1.82) is 0 Å². The summed E-state index contributed by atoms with van der Waals surface area (Å²) in [5.74, 6) is 0.585. The van der Waals surface area contributed by atoms with Crippen LogP contribution in [0.25, 0.3) is 0 Å². The molecule has 0 aromatic carbocycles. The molecule has 0 saturated heterocycles. The number of nitrogens with zero attached hydrogens (tertiary/aromatic N) is 1. The van der Waals surface area contributed by atoms with Gasteiger partial charge in [0, 0.05) is 6.20 Å². The fourth-order valence-electron chi connectivity index (χ4n) is 1.22. The molecule has 0 amide bonds. The third-order valence-corrected chi connectivity index (χ3v) is 2.06. The van der Waals surface area contributed by atoms with Crippen LogP contribution in [0.2, 0.25) is 0 Å². The third-order valence-electron chi connectivity index (χ3n) is 2.06. The Kier molecular flexibility index (Phi) is 1.84. The SMILES string of the molecule is CC1(CO)COC(c2ccc[nH]2)=N1. The average molecular weight is 180 g/mol. The van der Waals surface area contributed by atoms with Gasteiger partial charge in [-0.25, -0.2) is 4.99 Å². The van der Waals surface area contributed by atoms with Gasteiger partial charge in [0.25, 0.3) is 0 Å². The lowest BCUT2D eigenvalue weighted by molar-refractivity contribution is 0.170. The van der Waals surface area contributed by atoms with Crippen molar-refractivity contribution in [3.63, 3.8) is 0 Å². The summed E-state index contributed by atoms with van der Waals surface area (Å²) in [6, 6.07) is 3.78. The predicted molar refractivity (Wildman–Crippen MR) is 48.8 cm³/mol. The van der Waals surface area contributed by atoms with E-state index < -0.39 is 5.54 Å². The summed E-state index contributed by atoms with van der Waals surface area (Å²) in [6.07, 6.45) is 1.82. The van der Waals surface area contributed by atoms with Crippen LogP contribution < -0.4 is 0 Å². The molecule has 0 radical (unpaired) electrons. The van der Waals surface area contributed by atoms with Crippen molar-refractivity contribution in [2.24, 2.45) is 4.99 Å². The van der Waals surface area contributed by atoms with Gasteiger partial charge in [0.15, 0.2) is 0 Å². The molecule has 2 N–H and O–H groups in total. The van der Waals surface area contributed by atoms with Crippen LogP contribution in [-0.4, -0.2) is 34.7 Å². The number of rotatable bonds is 2. The number of hydrogen-bond donors (Lipinski definition) is 2. The lowest BCUT2D eigenvalue weighted by atomic mass is 10.1. The van der Waals surface area contributed by atoms with Crippen LogP contribution >= 0.6 is 0 Å². The van der Waals surface area contributed by atoms with Gasteiger partial charge >= 0.3 is 0 Å². The molecule has 1 aliphatic heterocycles. The molecule has 70 valence electrons. The highest BCUT2D eigenvalue weighted by atomic mass is 16.5. The molecule has 0 saturated carbocycles. The van der Waals surface area contributed by atoms with E-state index >= 15 is 0 Å². The zero-order valence-electron chi connectivity index (χ0n) is 7.45. The Morgan fingerprint density at radius 1 is 1.77 bits per heavy atom. The van der Waals surface area contributed by atoms with Gasteiger partial charge in [0.2, 0.25) is 5.90 Å². The molecule has 0 bridgehead atoms. The van der Waals surface area contributed by atoms with E-state index in [1.54, 1.807) is 0 Å². The van der Waals surface area contributed by atoms with Crippen LogP contribution in [-0.2, 0) is 4.74 Å². The van der Waals surface area contributed by atoms with Gasteiger partial charge in [0.05, 0.1) is 6.61 Å². The van der Waals surface area contributed by atoms with Gasteiger partial charge in [-0.1, -0.05) is 0 Å². The van der Waals surface area contributed by atoms with E-state index in [9.17, 15) is 0 Å². The summed E-state index contributed by atoms with van der Waals surface area (Å²) < 4.78 is 5.36. The molecule has 1 aliphatic rings. The van der Waals surface area contributed by atoms with Crippen molar-refractivity contribution >= 4 is 5.90 Å². The number of nitrogens with one attached hydrogen (secondary N) is 1. The first-order valence-corrected chi connectivity index (χ1v) is 4.21. The number of hydrogen-bond acceptors (Lipinski definition) is 3. The minimum absolute atomic E-state index is 0.0111. The van der Waals surface area contributed by atoms with Crippen molar-refractivity contribution in [2.75, 3.05) is 13.2 Å². The van der Waals surface area contributed by atoms with Gasteiger partial charge in [0.1, 0.15) is 17.8 Å². The molecule has 0 aliphatic carbocycles. The fourth-order valence-corrected chi connectivity index (χ4v) is 1.22. The van der Waals surface area contributed by atoms with E-state index in [4.69, 9.17) is 9.84 Å². The first-order valence-electron chi connectivity index (χ1n) is 4.21. The molecule has 0 spiro atoms. The third kappa shape index (κ3) is 1.45. The van der Waals surface area contributed by atoms with Crippen molar-refractivity contribution < 1.29 is 9.84 Å². The number of aliphatic hydroxyl groups excluding tert-OH is 1. The van der Waals surface area contributed by atoms with E-state index in [1.165, 1.54) is 0 Å². The molecular formula is C9H12N2O2. The molecule has 2 heterocycles. The molecule has 2 rings (SSSR count). The van der Waals surface area contributed by atoms with Crippen molar-refractivity contribution in [3.8, 4) is 0 Å². The summed E-state index contributed by atoms with van der Waals surface area (Å²) in [7, 11) is 0. The Morgan fingerprint density at radius 2 is 2.62 bits per heavy atom. The Labute approximate surface area is 76.3 Å². The summed E-state index contributed by atoms with van der Waals surface area (Å²) >= 11 is 0. The lowest BCUT2D eigenvalue weighted by Gasteiger charge is -2.12. The Morgan fingerprint density at radius 3 is 3.15 bits per heavy atom. The first-order chi connectivity index (χ1) is 6.23. The Hall–Kier alpha value is -1.29. The zero-order chi connectivity index (χ0) is 9.31. The second-order valence-corrected chi connectivity index (χ2v) is 3.44. The standard InChI is InChI=1S/C9H12N2O2/c1-9(5-12)6-13-8(11-9)7-3-2-4-10-7/h2-4,10,12H,5-6H2,1H3. The lowest BCUT2D eigenvalue weighted by Crippen LogP contribution is -2.28. The van der Waals surface area contributed by atoms with E-state index in [2.05, 4.69) is 9.98 Å². The largest absolute Gasteiger partial charge is 0.474 e. The topological polar surface area (TPSA) is 57.6 Å². The summed E-state index contributed by atoms with van der Waals surface area (Å²) in [4.78, 5) is 7.30. The van der Waals surface area contributed by atoms with Gasteiger partial charge in [-0.15, -0.1) is 0 Å². The van der Waals surface area contributed by atoms with Gasteiger partial charge < -0.3 is 14.8 Å². The van der Waals surface area contributed by atoms with E-state index in [0.717, 1.165) is 5.69 Å². The maximum Gasteiger partial charge on any atom is 0.233 e. The minimum Gasteiger partial charge on any atom is -0.474 e. The monoisotopic (exact) mass is 180 g/mol. The molecule has 4 heteroatoms. The maximum atomic E-state index is 9.04. The summed E-state index contributed by atoms with van der Waals surface area (Å²) in [5, 5.41) is 9.04. The maximum absolute atomic E-state index is 9.04. The molecule has 1 atom stereocenters. The minimum atomic E-state index is -0.472. The van der Waals surface area contributed by atoms with Crippen LogP contribution in [0.5, 0.6) is 0 Å². The quantitative estimate of drug-likeness (QED) is 0.698. The molecule has 1 aromatic rings. The number of H-pyrrole nitrogens is 1. The normalized spacial score (nSPS) is 27.1. The van der Waals surface area contributed by atoms with Crippen LogP contribution in [0, 0.1) is 0 Å². The highest BCUT2D eigenvalue weighted by Gasteiger charge is 2.31. The molecule has 4 nitrogen and oxygen atoms in total. The number of ether oxygens (including phenoxy) is 1. The summed E-state index contributed by atoms with van der Waals surface area (Å²) in [6.45, 7) is 2.32. The van der Waals surface area contributed by atoms with E-state index in [-0.39, 0.29) is 6.61 Å². The number of aromatic nitrogens is 1. The Bertz CT molecular complexity index is 318. The van der Waals surface area contributed by atoms with E-state index in [1.807, 2.05) is 25.3 Å². The second-order valence-electron chi connectivity index (χ2n) is 3.44. The average Bonchev–Trinajstić information content (AvgIpc) is 2.73. The van der Waals surface area contributed by atoms with Crippen molar-refractivity contribution in [3.05, 3.63) is 24.0 Å². The number of aliphatic hydroxyl groups is 1. The second kappa shape index (κ2) is 2.88. The van der Waals surface area contributed by atoms with Gasteiger partial charge in [-0.2, -0.15) is 0 Å². The number of aromatic amines is 1. The van der Waals surface area contributed by atoms with Crippen LogP contribution in [0.4, 0.5) is 0 Å². The Balaban J connectivity index is 2.24. The summed E-state index contributed by atoms with van der Waals surface area (Å²) in [5.41, 5.74) is 0.387. The van der Waals surface area contributed by atoms with Crippen molar-refractivity contribution in [2.45, 2.75) is 12.5 Å². The highest BCUT2D eigenvalue weighted by Crippen LogP contribution is 2.19. The fraction of sp³-hybridized carbons (Fsp3) is 0.444. The first kappa shape index (κ1) is 8.31. The predicted octanol–water partition coefficient (Wildman–Crippen LogP) is 0.542. The smallest absolute Gasteiger partial charge is 0.233 e. The number of aliphatic imine (C=N–C) groups is 1. The van der Waals surface area contributed by atoms with Crippen LogP contribution in [0.15, 0.2) is 23.3 Å². The van der Waals surface area contributed by atoms with Crippen LogP contribution in [0.1, 0.15) is 12.6 Å². The van der Waals surface area contributed by atoms with Gasteiger partial charge in [-0.3, -0.25) is 0 Å².